The van der Waals surface area contributed by atoms with E-state index < -0.39 is 10.0 Å². The molecule has 0 aromatic heterocycles. The molecule has 2 fully saturated rings. The number of urea groups is 1. The van der Waals surface area contributed by atoms with Crippen LogP contribution < -0.4 is 10.0 Å². The zero-order valence-electron chi connectivity index (χ0n) is 15.9. The number of piperidine rings is 1. The van der Waals surface area contributed by atoms with Gasteiger partial charge in [-0.2, -0.15) is 0 Å². The van der Waals surface area contributed by atoms with Gasteiger partial charge in [-0.05, 0) is 31.2 Å². The van der Waals surface area contributed by atoms with Crippen LogP contribution in [-0.2, 0) is 16.6 Å². The summed E-state index contributed by atoms with van der Waals surface area (Å²) in [7, 11) is -3.25. The molecule has 0 radical (unpaired) electrons. The first kappa shape index (κ1) is 20.1. The number of hydrogen-bond acceptors (Lipinski definition) is 4. The van der Waals surface area contributed by atoms with Crippen molar-refractivity contribution in [3.63, 3.8) is 0 Å². The van der Waals surface area contributed by atoms with E-state index in [1.54, 1.807) is 0 Å². The Labute approximate surface area is 162 Å². The molecule has 2 atom stereocenters. The Morgan fingerprint density at radius 2 is 1.93 bits per heavy atom. The normalized spacial score (nSPS) is 24.1. The van der Waals surface area contributed by atoms with E-state index in [1.807, 2.05) is 23.1 Å². The van der Waals surface area contributed by atoms with Crippen molar-refractivity contribution in [2.24, 2.45) is 0 Å². The number of nitrogens with one attached hydrogen (secondary N) is 2. The van der Waals surface area contributed by atoms with Gasteiger partial charge in [-0.1, -0.05) is 30.3 Å². The van der Waals surface area contributed by atoms with E-state index in [0.717, 1.165) is 51.6 Å². The average molecular weight is 395 g/mol. The minimum atomic E-state index is -3.25. The molecule has 0 saturated carbocycles. The zero-order valence-corrected chi connectivity index (χ0v) is 16.7. The van der Waals surface area contributed by atoms with Crippen molar-refractivity contribution in [2.45, 2.75) is 44.3 Å². The first-order valence-corrected chi connectivity index (χ1v) is 11.6. The van der Waals surface area contributed by atoms with Gasteiger partial charge < -0.3 is 10.2 Å². The van der Waals surface area contributed by atoms with Gasteiger partial charge in [0.1, 0.15) is 0 Å². The van der Waals surface area contributed by atoms with Crippen LogP contribution in [0.15, 0.2) is 30.3 Å². The Balaban J connectivity index is 1.50. The van der Waals surface area contributed by atoms with E-state index in [0.29, 0.717) is 6.54 Å². The van der Waals surface area contributed by atoms with Gasteiger partial charge in [-0.3, -0.25) is 4.90 Å². The third kappa shape index (κ3) is 6.19. The fraction of sp³-hybridized carbons (Fsp3) is 0.632. The largest absolute Gasteiger partial charge is 0.334 e. The molecule has 2 amide bonds. The van der Waals surface area contributed by atoms with E-state index in [4.69, 9.17) is 0 Å². The molecule has 0 aliphatic carbocycles. The van der Waals surface area contributed by atoms with Crippen molar-refractivity contribution in [3.8, 4) is 0 Å². The molecule has 27 heavy (non-hydrogen) atoms. The molecule has 2 N–H and O–H groups in total. The second-order valence-corrected chi connectivity index (χ2v) is 9.45. The lowest BCUT2D eigenvalue weighted by Crippen LogP contribution is -2.54. The Hall–Kier alpha value is -1.64. The molecular formula is C19H30N4O3S. The predicted octanol–water partition coefficient (Wildman–Crippen LogP) is 1.37. The fourth-order valence-electron chi connectivity index (χ4n) is 3.92. The van der Waals surface area contributed by atoms with Crippen LogP contribution in [0.3, 0.4) is 0 Å². The summed E-state index contributed by atoms with van der Waals surface area (Å²) in [6.07, 6.45) is 4.92. The molecule has 1 aromatic carbocycles. The van der Waals surface area contributed by atoms with Crippen molar-refractivity contribution in [3.05, 3.63) is 35.9 Å². The Morgan fingerprint density at radius 1 is 1.15 bits per heavy atom. The quantitative estimate of drug-likeness (QED) is 0.764. The number of carbonyl (C=O) groups is 1. The van der Waals surface area contributed by atoms with E-state index in [1.165, 1.54) is 5.56 Å². The predicted molar refractivity (Wildman–Crippen MR) is 106 cm³/mol. The molecule has 2 aliphatic rings. The number of benzene rings is 1. The molecule has 0 spiro atoms. The summed E-state index contributed by atoms with van der Waals surface area (Å²) in [5.41, 5.74) is 1.28. The highest BCUT2D eigenvalue weighted by atomic mass is 32.2. The van der Waals surface area contributed by atoms with Crippen molar-refractivity contribution < 1.29 is 13.2 Å². The summed E-state index contributed by atoms with van der Waals surface area (Å²) < 4.78 is 25.3. The molecule has 2 heterocycles. The number of hydrogen-bond donors (Lipinski definition) is 2. The highest BCUT2D eigenvalue weighted by molar-refractivity contribution is 7.88. The third-order valence-corrected chi connectivity index (χ3v) is 6.01. The lowest BCUT2D eigenvalue weighted by molar-refractivity contribution is 0.149. The van der Waals surface area contributed by atoms with Crippen molar-refractivity contribution >= 4 is 16.1 Å². The molecule has 3 rings (SSSR count). The topological polar surface area (TPSA) is 81.8 Å². The van der Waals surface area contributed by atoms with Crippen molar-refractivity contribution in [1.82, 2.24) is 19.8 Å². The van der Waals surface area contributed by atoms with Crippen LogP contribution in [0.1, 0.15) is 31.2 Å². The van der Waals surface area contributed by atoms with Gasteiger partial charge in [-0.25, -0.2) is 17.9 Å². The second-order valence-electron chi connectivity index (χ2n) is 7.62. The second kappa shape index (κ2) is 9.03. The van der Waals surface area contributed by atoms with Crippen LogP contribution >= 0.6 is 0 Å². The first-order valence-electron chi connectivity index (χ1n) is 9.69. The first-order chi connectivity index (χ1) is 12.9. The third-order valence-electron chi connectivity index (χ3n) is 5.32. The van der Waals surface area contributed by atoms with Crippen LogP contribution in [0.2, 0.25) is 0 Å². The van der Waals surface area contributed by atoms with Gasteiger partial charge in [0.2, 0.25) is 10.0 Å². The minimum Gasteiger partial charge on any atom is -0.334 e. The summed E-state index contributed by atoms with van der Waals surface area (Å²) in [5, 5.41) is 3.16. The van der Waals surface area contributed by atoms with Crippen LogP contribution in [0.4, 0.5) is 4.79 Å². The smallest absolute Gasteiger partial charge is 0.317 e. The van der Waals surface area contributed by atoms with E-state index in [-0.39, 0.29) is 24.7 Å². The van der Waals surface area contributed by atoms with Crippen molar-refractivity contribution in [2.75, 3.05) is 32.4 Å². The molecule has 1 aromatic rings. The van der Waals surface area contributed by atoms with Crippen LogP contribution in [0, 0.1) is 0 Å². The summed E-state index contributed by atoms with van der Waals surface area (Å²) in [4.78, 5) is 16.9. The lowest BCUT2D eigenvalue weighted by atomic mass is 10.0. The number of carbonyl (C=O) groups excluding carboxylic acids is 1. The molecule has 2 saturated heterocycles. The molecule has 8 heteroatoms. The number of sulfonamides is 1. The van der Waals surface area contributed by atoms with Gasteiger partial charge in [0, 0.05) is 44.8 Å². The Bertz CT molecular complexity index is 726. The Kier molecular flexibility index (Phi) is 6.73. The average Bonchev–Trinajstić information content (AvgIpc) is 3.07. The van der Waals surface area contributed by atoms with Crippen LogP contribution in [0.5, 0.6) is 0 Å². The molecule has 150 valence electrons. The van der Waals surface area contributed by atoms with E-state index in [9.17, 15) is 13.2 Å². The van der Waals surface area contributed by atoms with E-state index >= 15 is 0 Å². The number of nitrogens with zero attached hydrogens (tertiary/aromatic N) is 2. The van der Waals surface area contributed by atoms with Gasteiger partial charge in [0.15, 0.2) is 0 Å². The fourth-order valence-corrected chi connectivity index (χ4v) is 4.42. The lowest BCUT2D eigenvalue weighted by Gasteiger charge is -2.36. The number of amides is 2. The van der Waals surface area contributed by atoms with Gasteiger partial charge >= 0.3 is 6.03 Å². The van der Waals surface area contributed by atoms with Gasteiger partial charge in [0.05, 0.1) is 6.26 Å². The van der Waals surface area contributed by atoms with Crippen LogP contribution in [0.25, 0.3) is 0 Å². The maximum atomic E-state index is 12.8. The molecule has 0 bridgehead atoms. The van der Waals surface area contributed by atoms with Gasteiger partial charge in [-0.15, -0.1) is 0 Å². The number of likely N-dealkylation sites (tertiary alicyclic amines) is 2. The number of rotatable bonds is 6. The zero-order chi connectivity index (χ0) is 19.3. The standard InChI is InChI=1S/C19H30N4O3S/c1-27(25,26)20-13-18-9-5-6-11-23(18)19(24)21-17-10-12-22(15-17)14-16-7-3-2-4-8-16/h2-4,7-8,17-18,20H,5-6,9-15H2,1H3,(H,21,24). The highest BCUT2D eigenvalue weighted by Crippen LogP contribution is 2.18. The molecule has 7 nitrogen and oxygen atoms in total. The molecule has 2 aliphatic heterocycles. The minimum absolute atomic E-state index is 0.0680. The SMILES string of the molecule is CS(=O)(=O)NCC1CCCCN1C(=O)NC1CCN(Cc2ccccc2)C1. The summed E-state index contributed by atoms with van der Waals surface area (Å²) in [6, 6.07) is 10.4. The van der Waals surface area contributed by atoms with E-state index in [2.05, 4.69) is 27.1 Å². The monoisotopic (exact) mass is 394 g/mol. The summed E-state index contributed by atoms with van der Waals surface area (Å²) in [5.74, 6) is 0. The Morgan fingerprint density at radius 3 is 2.67 bits per heavy atom. The maximum Gasteiger partial charge on any atom is 0.317 e. The molecule has 2 unspecified atom stereocenters. The van der Waals surface area contributed by atoms with Gasteiger partial charge in [0.25, 0.3) is 0 Å². The maximum absolute atomic E-state index is 12.8. The summed E-state index contributed by atoms with van der Waals surface area (Å²) >= 11 is 0. The van der Waals surface area contributed by atoms with Crippen molar-refractivity contribution in [1.29, 1.82) is 0 Å². The molecular weight excluding hydrogens is 364 g/mol. The summed E-state index contributed by atoms with van der Waals surface area (Å²) in [6.45, 7) is 3.69. The highest BCUT2D eigenvalue weighted by Gasteiger charge is 2.30. The van der Waals surface area contributed by atoms with Crippen LogP contribution in [-0.4, -0.2) is 68.8 Å².